The minimum absolute atomic E-state index is 0.107. The highest BCUT2D eigenvalue weighted by Crippen LogP contribution is 2.10. The van der Waals surface area contributed by atoms with Gasteiger partial charge in [0.15, 0.2) is 0 Å². The molecule has 1 aromatic heterocycles. The fourth-order valence-electron chi connectivity index (χ4n) is 1.27. The lowest BCUT2D eigenvalue weighted by atomic mass is 10.2. The normalized spacial score (nSPS) is 9.81. The maximum Gasteiger partial charge on any atom is 0.255 e. The second-order valence-electron chi connectivity index (χ2n) is 3.20. The summed E-state index contributed by atoms with van der Waals surface area (Å²) in [7, 11) is 0. The number of aromatic nitrogens is 1. The van der Waals surface area contributed by atoms with E-state index in [0.29, 0.717) is 5.56 Å². The summed E-state index contributed by atoms with van der Waals surface area (Å²) in [6, 6.07) is 11.0. The van der Waals surface area contributed by atoms with Gasteiger partial charge in [-0.2, -0.15) is 0 Å². The minimum atomic E-state index is -0.107. The number of hydrogen-bond donors (Lipinski definition) is 1. The van der Waals surface area contributed by atoms with Crippen molar-refractivity contribution in [3.8, 4) is 0 Å². The van der Waals surface area contributed by atoms with Crippen LogP contribution in [0.2, 0.25) is 0 Å². The average molecular weight is 324 g/mol. The Hall–Kier alpha value is -1.43. The van der Waals surface area contributed by atoms with Gasteiger partial charge in [-0.25, -0.2) is 0 Å². The van der Waals surface area contributed by atoms with Crippen LogP contribution in [0.15, 0.2) is 48.8 Å². The maximum atomic E-state index is 11.8. The van der Waals surface area contributed by atoms with E-state index in [2.05, 4.69) is 32.9 Å². The molecule has 1 aromatic carbocycles. The number of carbonyl (C=O) groups is 1. The lowest BCUT2D eigenvalue weighted by Gasteiger charge is -2.04. The van der Waals surface area contributed by atoms with E-state index in [0.717, 1.165) is 9.26 Å². The summed E-state index contributed by atoms with van der Waals surface area (Å²) in [6.07, 6.45) is 3.29. The molecule has 0 atom stereocenters. The molecule has 1 amide bonds. The maximum absolute atomic E-state index is 11.8. The number of nitrogens with zero attached hydrogens (tertiary/aromatic N) is 1. The summed E-state index contributed by atoms with van der Waals surface area (Å²) in [5, 5.41) is 2.80. The third kappa shape index (κ3) is 2.79. The van der Waals surface area contributed by atoms with E-state index >= 15 is 0 Å². The van der Waals surface area contributed by atoms with Crippen LogP contribution in [-0.4, -0.2) is 10.9 Å². The number of carbonyl (C=O) groups excluding carboxylic acids is 1. The first-order valence-electron chi connectivity index (χ1n) is 4.72. The third-order valence-electron chi connectivity index (χ3n) is 2.02. The molecule has 0 radical (unpaired) electrons. The Bertz CT molecular complexity index is 499. The van der Waals surface area contributed by atoms with Crippen molar-refractivity contribution < 1.29 is 4.79 Å². The molecule has 0 bridgehead atoms. The highest BCUT2D eigenvalue weighted by Gasteiger charge is 2.05. The first kappa shape index (κ1) is 11.1. The molecular formula is C12H9IN2O. The van der Waals surface area contributed by atoms with Crippen LogP contribution in [0.5, 0.6) is 0 Å². The van der Waals surface area contributed by atoms with Gasteiger partial charge in [0.05, 0.1) is 0 Å². The van der Waals surface area contributed by atoms with Gasteiger partial charge in [-0.05, 0) is 52.9 Å². The average Bonchev–Trinajstić information content (AvgIpc) is 2.30. The Labute approximate surface area is 107 Å². The van der Waals surface area contributed by atoms with Gasteiger partial charge in [-0.3, -0.25) is 9.78 Å². The number of rotatable bonds is 2. The Morgan fingerprint density at radius 3 is 2.62 bits per heavy atom. The first-order valence-corrected chi connectivity index (χ1v) is 5.80. The number of halogens is 1. The Balaban J connectivity index is 2.15. The van der Waals surface area contributed by atoms with Crippen molar-refractivity contribution in [1.82, 2.24) is 4.98 Å². The largest absolute Gasteiger partial charge is 0.322 e. The van der Waals surface area contributed by atoms with E-state index in [4.69, 9.17) is 0 Å². The predicted molar refractivity (Wildman–Crippen MR) is 71.3 cm³/mol. The van der Waals surface area contributed by atoms with E-state index in [1.165, 1.54) is 0 Å². The zero-order valence-corrected chi connectivity index (χ0v) is 10.5. The molecule has 2 aromatic rings. The molecule has 0 unspecified atom stereocenters. The van der Waals surface area contributed by atoms with Crippen LogP contribution in [0.1, 0.15) is 10.4 Å². The summed E-state index contributed by atoms with van der Waals surface area (Å²) >= 11 is 2.18. The molecule has 0 aliphatic rings. The summed E-state index contributed by atoms with van der Waals surface area (Å²) in [5.41, 5.74) is 1.41. The van der Waals surface area contributed by atoms with Crippen molar-refractivity contribution in [2.75, 3.05) is 5.32 Å². The third-order valence-corrected chi connectivity index (χ3v) is 2.70. The van der Waals surface area contributed by atoms with Crippen molar-refractivity contribution in [2.45, 2.75) is 0 Å². The molecule has 0 aliphatic carbocycles. The van der Waals surface area contributed by atoms with Gasteiger partial charge in [0.1, 0.15) is 0 Å². The van der Waals surface area contributed by atoms with E-state index < -0.39 is 0 Å². The van der Waals surface area contributed by atoms with Gasteiger partial charge in [-0.15, -0.1) is 0 Å². The van der Waals surface area contributed by atoms with E-state index in [9.17, 15) is 4.79 Å². The quantitative estimate of drug-likeness (QED) is 0.863. The van der Waals surface area contributed by atoms with Gasteiger partial charge in [0, 0.05) is 27.2 Å². The van der Waals surface area contributed by atoms with Gasteiger partial charge in [0.2, 0.25) is 0 Å². The molecular weight excluding hydrogens is 315 g/mol. The summed E-state index contributed by atoms with van der Waals surface area (Å²) in [5.74, 6) is -0.107. The topological polar surface area (TPSA) is 42.0 Å². The standard InChI is InChI=1S/C12H9IN2O/c13-10-3-1-2-9(8-10)12(16)15-11-4-6-14-7-5-11/h1-8H,(H,14,15,16). The summed E-state index contributed by atoms with van der Waals surface area (Å²) in [4.78, 5) is 15.7. The first-order chi connectivity index (χ1) is 7.75. The Morgan fingerprint density at radius 1 is 1.19 bits per heavy atom. The second-order valence-corrected chi connectivity index (χ2v) is 4.45. The number of nitrogens with one attached hydrogen (secondary N) is 1. The zero-order valence-electron chi connectivity index (χ0n) is 8.35. The van der Waals surface area contributed by atoms with Crippen molar-refractivity contribution in [3.05, 3.63) is 57.9 Å². The van der Waals surface area contributed by atoms with Gasteiger partial charge < -0.3 is 5.32 Å². The summed E-state index contributed by atoms with van der Waals surface area (Å²) < 4.78 is 1.04. The fraction of sp³-hybridized carbons (Fsp3) is 0. The van der Waals surface area contributed by atoms with Crippen LogP contribution in [0.3, 0.4) is 0 Å². The minimum Gasteiger partial charge on any atom is -0.322 e. The van der Waals surface area contributed by atoms with Gasteiger partial charge >= 0.3 is 0 Å². The van der Waals surface area contributed by atoms with Crippen molar-refractivity contribution in [1.29, 1.82) is 0 Å². The monoisotopic (exact) mass is 324 g/mol. The molecule has 0 aliphatic heterocycles. The number of pyridine rings is 1. The lowest BCUT2D eigenvalue weighted by molar-refractivity contribution is 0.102. The molecule has 2 rings (SSSR count). The molecule has 0 saturated heterocycles. The molecule has 4 heteroatoms. The van der Waals surface area contributed by atoms with Crippen molar-refractivity contribution in [3.63, 3.8) is 0 Å². The second kappa shape index (κ2) is 5.07. The highest BCUT2D eigenvalue weighted by molar-refractivity contribution is 14.1. The molecule has 80 valence electrons. The predicted octanol–water partition coefficient (Wildman–Crippen LogP) is 2.94. The highest BCUT2D eigenvalue weighted by atomic mass is 127. The molecule has 1 heterocycles. The lowest BCUT2D eigenvalue weighted by Crippen LogP contribution is -2.11. The van der Waals surface area contributed by atoms with Crippen LogP contribution in [0.4, 0.5) is 5.69 Å². The van der Waals surface area contributed by atoms with Crippen molar-refractivity contribution in [2.24, 2.45) is 0 Å². The van der Waals surface area contributed by atoms with Crippen LogP contribution in [-0.2, 0) is 0 Å². The summed E-state index contributed by atoms with van der Waals surface area (Å²) in [6.45, 7) is 0. The fourth-order valence-corrected chi connectivity index (χ4v) is 1.81. The van der Waals surface area contributed by atoms with Gasteiger partial charge in [-0.1, -0.05) is 6.07 Å². The molecule has 3 nitrogen and oxygen atoms in total. The van der Waals surface area contributed by atoms with Crippen LogP contribution >= 0.6 is 22.6 Å². The number of anilines is 1. The molecule has 0 spiro atoms. The number of amides is 1. The number of hydrogen-bond acceptors (Lipinski definition) is 2. The van der Waals surface area contributed by atoms with Crippen LogP contribution in [0, 0.1) is 3.57 Å². The van der Waals surface area contributed by atoms with E-state index in [-0.39, 0.29) is 5.91 Å². The SMILES string of the molecule is O=C(Nc1ccncc1)c1cccc(I)c1. The Morgan fingerprint density at radius 2 is 1.94 bits per heavy atom. The number of benzene rings is 1. The van der Waals surface area contributed by atoms with E-state index in [1.807, 2.05) is 18.2 Å². The van der Waals surface area contributed by atoms with Crippen LogP contribution < -0.4 is 5.32 Å². The smallest absolute Gasteiger partial charge is 0.255 e. The Kier molecular flexibility index (Phi) is 3.51. The molecule has 16 heavy (non-hydrogen) atoms. The molecule has 0 fully saturated rings. The molecule has 0 saturated carbocycles. The van der Waals surface area contributed by atoms with Crippen molar-refractivity contribution >= 4 is 34.2 Å². The van der Waals surface area contributed by atoms with Gasteiger partial charge in [0.25, 0.3) is 5.91 Å². The van der Waals surface area contributed by atoms with E-state index in [1.54, 1.807) is 30.6 Å². The van der Waals surface area contributed by atoms with Crippen LogP contribution in [0.25, 0.3) is 0 Å². The molecule has 1 N–H and O–H groups in total. The zero-order chi connectivity index (χ0) is 11.4.